The summed E-state index contributed by atoms with van der Waals surface area (Å²) in [5.74, 6) is -0.385. The molecular weight excluding hydrogens is 260 g/mol. The minimum absolute atomic E-state index is 0.0608. The van der Waals surface area contributed by atoms with Crippen LogP contribution in [0.4, 0.5) is 5.69 Å². The van der Waals surface area contributed by atoms with Crippen LogP contribution in [0.25, 0.3) is 0 Å². The van der Waals surface area contributed by atoms with Gasteiger partial charge in [-0.1, -0.05) is 24.3 Å². The molecule has 0 radical (unpaired) electrons. The second kappa shape index (κ2) is 4.76. The molecule has 7 nitrogen and oxygen atoms in total. The summed E-state index contributed by atoms with van der Waals surface area (Å²) in [6.45, 7) is 1.01. The molecule has 0 unspecified atom stereocenters. The normalized spacial score (nSPS) is 13.9. The van der Waals surface area contributed by atoms with E-state index in [1.165, 1.54) is 5.56 Å². The molecule has 7 heteroatoms. The van der Waals surface area contributed by atoms with Crippen LogP contribution in [0, 0.1) is 10.1 Å². The van der Waals surface area contributed by atoms with Gasteiger partial charge < -0.3 is 4.90 Å². The third kappa shape index (κ3) is 2.03. The first kappa shape index (κ1) is 12.3. The number of carbonyl (C=O) groups is 1. The van der Waals surface area contributed by atoms with Gasteiger partial charge in [0.1, 0.15) is 6.20 Å². The van der Waals surface area contributed by atoms with Crippen molar-refractivity contribution >= 4 is 11.6 Å². The molecule has 3 rings (SSSR count). The van der Waals surface area contributed by atoms with E-state index in [4.69, 9.17) is 0 Å². The number of fused-ring (bicyclic) bond motifs is 1. The van der Waals surface area contributed by atoms with Gasteiger partial charge in [-0.05, 0) is 17.5 Å². The van der Waals surface area contributed by atoms with Gasteiger partial charge in [-0.15, -0.1) is 0 Å². The molecule has 0 saturated heterocycles. The van der Waals surface area contributed by atoms with Crippen LogP contribution >= 0.6 is 0 Å². The summed E-state index contributed by atoms with van der Waals surface area (Å²) in [5.41, 5.74) is 1.95. The van der Waals surface area contributed by atoms with Gasteiger partial charge in [0.25, 0.3) is 5.91 Å². The summed E-state index contributed by atoms with van der Waals surface area (Å²) in [7, 11) is 0. The molecule has 0 aliphatic carbocycles. The molecule has 102 valence electrons. The molecule has 2 aromatic rings. The third-order valence-electron chi connectivity index (χ3n) is 3.45. The number of amides is 1. The van der Waals surface area contributed by atoms with Crippen molar-refractivity contribution in [1.82, 2.24) is 15.1 Å². The number of aromatic amines is 1. The van der Waals surface area contributed by atoms with E-state index in [0.717, 1.165) is 18.2 Å². The maximum absolute atomic E-state index is 12.3. The highest BCUT2D eigenvalue weighted by Gasteiger charge is 2.29. The predicted octanol–water partition coefficient (Wildman–Crippen LogP) is 1.52. The third-order valence-corrected chi connectivity index (χ3v) is 3.45. The first-order valence-electron chi connectivity index (χ1n) is 6.20. The van der Waals surface area contributed by atoms with Gasteiger partial charge >= 0.3 is 5.69 Å². The van der Waals surface area contributed by atoms with Crippen LogP contribution in [0.3, 0.4) is 0 Å². The Morgan fingerprint density at radius 1 is 1.35 bits per heavy atom. The lowest BCUT2D eigenvalue weighted by Crippen LogP contribution is -2.36. The number of nitrogens with zero attached hydrogens (tertiary/aromatic N) is 3. The smallest absolute Gasteiger partial charge is 0.319 e. The Morgan fingerprint density at radius 3 is 2.85 bits per heavy atom. The van der Waals surface area contributed by atoms with Crippen molar-refractivity contribution in [2.24, 2.45) is 0 Å². The molecule has 0 spiro atoms. The second-order valence-corrected chi connectivity index (χ2v) is 4.63. The van der Waals surface area contributed by atoms with Crippen molar-refractivity contribution in [2.45, 2.75) is 13.0 Å². The van der Waals surface area contributed by atoms with Crippen LogP contribution in [0.5, 0.6) is 0 Å². The zero-order valence-electron chi connectivity index (χ0n) is 10.6. The fraction of sp³-hybridized carbons (Fsp3) is 0.231. The summed E-state index contributed by atoms with van der Waals surface area (Å²) in [5, 5.41) is 16.9. The van der Waals surface area contributed by atoms with Crippen LogP contribution in [-0.4, -0.2) is 32.5 Å². The van der Waals surface area contributed by atoms with Gasteiger partial charge in [-0.3, -0.25) is 20.0 Å². The minimum Gasteiger partial charge on any atom is -0.332 e. The Morgan fingerprint density at radius 2 is 2.10 bits per heavy atom. The minimum atomic E-state index is -0.603. The van der Waals surface area contributed by atoms with Crippen molar-refractivity contribution in [3.63, 3.8) is 0 Å². The number of rotatable bonds is 2. The van der Waals surface area contributed by atoms with E-state index in [1.54, 1.807) is 4.90 Å². The standard InChI is InChI=1S/C13H12N4O3/c18-13(12-11(17(19)20)7-14-15-12)16-6-5-9-3-1-2-4-10(9)8-16/h1-4,7H,5-6,8H2,(H,14,15). The van der Waals surface area contributed by atoms with E-state index in [9.17, 15) is 14.9 Å². The van der Waals surface area contributed by atoms with E-state index in [0.29, 0.717) is 13.1 Å². The molecule has 0 saturated carbocycles. The Balaban J connectivity index is 1.86. The Hall–Kier alpha value is -2.70. The summed E-state index contributed by atoms with van der Waals surface area (Å²) >= 11 is 0. The quantitative estimate of drug-likeness (QED) is 0.662. The highest BCUT2D eigenvalue weighted by molar-refractivity contribution is 5.96. The zero-order chi connectivity index (χ0) is 14.1. The van der Waals surface area contributed by atoms with Gasteiger partial charge in [-0.2, -0.15) is 5.10 Å². The van der Waals surface area contributed by atoms with E-state index >= 15 is 0 Å². The zero-order valence-corrected chi connectivity index (χ0v) is 10.6. The molecular formula is C13H12N4O3. The second-order valence-electron chi connectivity index (χ2n) is 4.63. The summed E-state index contributed by atoms with van der Waals surface area (Å²) < 4.78 is 0. The molecule has 1 amide bonds. The van der Waals surface area contributed by atoms with Gasteiger partial charge in [0.15, 0.2) is 0 Å². The lowest BCUT2D eigenvalue weighted by Gasteiger charge is -2.28. The van der Waals surface area contributed by atoms with Gasteiger partial charge in [0.2, 0.25) is 5.69 Å². The van der Waals surface area contributed by atoms with E-state index in [2.05, 4.69) is 10.2 Å². The van der Waals surface area contributed by atoms with Crippen LogP contribution in [0.15, 0.2) is 30.5 Å². The molecule has 1 aromatic carbocycles. The van der Waals surface area contributed by atoms with E-state index in [-0.39, 0.29) is 17.3 Å². The average molecular weight is 272 g/mol. The monoisotopic (exact) mass is 272 g/mol. The Labute approximate surface area is 114 Å². The lowest BCUT2D eigenvalue weighted by atomic mass is 10.00. The van der Waals surface area contributed by atoms with Crippen molar-refractivity contribution in [3.8, 4) is 0 Å². The molecule has 1 aliphatic heterocycles. The number of aromatic nitrogens is 2. The predicted molar refractivity (Wildman–Crippen MR) is 70.1 cm³/mol. The van der Waals surface area contributed by atoms with Gasteiger partial charge in [-0.25, -0.2) is 0 Å². The van der Waals surface area contributed by atoms with Crippen LogP contribution in [-0.2, 0) is 13.0 Å². The number of hydrogen-bond donors (Lipinski definition) is 1. The summed E-state index contributed by atoms with van der Waals surface area (Å²) in [6.07, 6.45) is 1.81. The van der Waals surface area contributed by atoms with Crippen molar-refractivity contribution in [1.29, 1.82) is 0 Å². The molecule has 0 atom stereocenters. The lowest BCUT2D eigenvalue weighted by molar-refractivity contribution is -0.385. The molecule has 0 fully saturated rings. The van der Waals surface area contributed by atoms with E-state index < -0.39 is 4.92 Å². The number of benzene rings is 1. The molecule has 1 N–H and O–H groups in total. The number of carbonyl (C=O) groups excluding carboxylic acids is 1. The molecule has 0 bridgehead atoms. The summed E-state index contributed by atoms with van der Waals surface area (Å²) in [6, 6.07) is 7.90. The maximum atomic E-state index is 12.3. The SMILES string of the molecule is O=C(c1[nH]ncc1[N+](=O)[O-])N1CCc2ccccc2C1. The maximum Gasteiger partial charge on any atom is 0.319 e. The number of nitro groups is 1. The van der Waals surface area contributed by atoms with Gasteiger partial charge in [0.05, 0.1) is 4.92 Å². The van der Waals surface area contributed by atoms with Crippen molar-refractivity contribution in [2.75, 3.05) is 6.54 Å². The first-order chi connectivity index (χ1) is 9.66. The average Bonchev–Trinajstić information content (AvgIpc) is 2.95. The van der Waals surface area contributed by atoms with E-state index in [1.807, 2.05) is 24.3 Å². The fourth-order valence-electron chi connectivity index (χ4n) is 2.40. The highest BCUT2D eigenvalue weighted by Crippen LogP contribution is 2.22. The Kier molecular flexibility index (Phi) is 2.94. The largest absolute Gasteiger partial charge is 0.332 e. The van der Waals surface area contributed by atoms with Crippen LogP contribution < -0.4 is 0 Å². The van der Waals surface area contributed by atoms with Crippen LogP contribution in [0.2, 0.25) is 0 Å². The highest BCUT2D eigenvalue weighted by atomic mass is 16.6. The van der Waals surface area contributed by atoms with Crippen molar-refractivity contribution in [3.05, 3.63) is 57.4 Å². The number of nitrogens with one attached hydrogen (secondary N) is 1. The topological polar surface area (TPSA) is 92.1 Å². The first-order valence-corrected chi connectivity index (χ1v) is 6.20. The number of hydrogen-bond acceptors (Lipinski definition) is 4. The molecule has 20 heavy (non-hydrogen) atoms. The van der Waals surface area contributed by atoms with Crippen molar-refractivity contribution < 1.29 is 9.72 Å². The van der Waals surface area contributed by atoms with Gasteiger partial charge in [0, 0.05) is 13.1 Å². The fourth-order valence-corrected chi connectivity index (χ4v) is 2.40. The molecule has 2 heterocycles. The van der Waals surface area contributed by atoms with Crippen LogP contribution in [0.1, 0.15) is 21.6 Å². The number of H-pyrrole nitrogens is 1. The Bertz CT molecular complexity index is 680. The summed E-state index contributed by atoms with van der Waals surface area (Å²) in [4.78, 5) is 24.2. The molecule has 1 aromatic heterocycles. The molecule has 1 aliphatic rings.